The van der Waals surface area contributed by atoms with E-state index in [4.69, 9.17) is 0 Å². The van der Waals surface area contributed by atoms with Gasteiger partial charge in [0.25, 0.3) is 5.69 Å². The van der Waals surface area contributed by atoms with E-state index in [-0.39, 0.29) is 31.8 Å². The Morgan fingerprint density at radius 2 is 1.88 bits per heavy atom. The van der Waals surface area contributed by atoms with E-state index in [2.05, 4.69) is 31.9 Å². The summed E-state index contributed by atoms with van der Waals surface area (Å²) in [5.74, 6) is -0.820. The Bertz CT molecular complexity index is 1090. The molecule has 0 saturated heterocycles. The van der Waals surface area contributed by atoms with Crippen LogP contribution in [0.2, 0.25) is 0 Å². The second-order valence-electron chi connectivity index (χ2n) is 5.74. The van der Waals surface area contributed by atoms with Gasteiger partial charge in [-0.3, -0.25) is 10.1 Å². The van der Waals surface area contributed by atoms with Gasteiger partial charge in [0.15, 0.2) is 5.70 Å². The fraction of sp³-hybridized carbons (Fsp3) is 0. The zero-order valence-electron chi connectivity index (χ0n) is 12.7. The molecule has 26 heavy (non-hydrogen) atoms. The third-order valence-electron chi connectivity index (χ3n) is 4.25. The van der Waals surface area contributed by atoms with Crippen molar-refractivity contribution < 1.29 is 22.4 Å². The van der Waals surface area contributed by atoms with Crippen molar-refractivity contribution in [2.45, 2.75) is 0 Å². The number of hydrogen-bond donors (Lipinski definition) is 0. The quantitative estimate of drug-likeness (QED) is 0.350. The molecule has 2 aliphatic heterocycles. The summed E-state index contributed by atoms with van der Waals surface area (Å²) < 4.78 is 46.0. The standard InChI is InChI=1S/C15H7BBr2F3N3O2/c17-13-3-1-11-15(8-5-9(19)7-10(6-8)24(25)26)12-2-4-14(18)23(12)16(20,21)22(11)13/h1-7H. The smallest absolute Gasteiger partial charge is 0.389 e. The van der Waals surface area contributed by atoms with Crippen LogP contribution in [0.15, 0.2) is 52.8 Å². The number of aromatic nitrogens is 1. The molecule has 0 amide bonds. The Morgan fingerprint density at radius 1 is 1.15 bits per heavy atom. The molecule has 3 heterocycles. The maximum absolute atomic E-state index is 15.1. The van der Waals surface area contributed by atoms with Crippen molar-refractivity contribution in [2.75, 3.05) is 0 Å². The van der Waals surface area contributed by atoms with Crippen molar-refractivity contribution in [3.8, 4) is 0 Å². The van der Waals surface area contributed by atoms with E-state index in [0.29, 0.717) is 0 Å². The van der Waals surface area contributed by atoms with Crippen LogP contribution in [0.3, 0.4) is 0 Å². The van der Waals surface area contributed by atoms with Gasteiger partial charge >= 0.3 is 6.97 Å². The van der Waals surface area contributed by atoms with Gasteiger partial charge in [-0.15, -0.1) is 0 Å². The molecule has 0 radical (unpaired) electrons. The minimum atomic E-state index is -4.20. The van der Waals surface area contributed by atoms with Gasteiger partial charge in [-0.2, -0.15) is 0 Å². The molecular weight excluding hydrogens is 482 g/mol. The van der Waals surface area contributed by atoms with E-state index in [1.807, 2.05) is 0 Å². The topological polar surface area (TPSA) is 51.1 Å². The lowest BCUT2D eigenvalue weighted by Crippen LogP contribution is -2.50. The van der Waals surface area contributed by atoms with E-state index in [1.54, 1.807) is 0 Å². The number of rotatable bonds is 2. The van der Waals surface area contributed by atoms with E-state index in [1.165, 1.54) is 30.4 Å². The molecule has 0 aliphatic carbocycles. The van der Waals surface area contributed by atoms with Crippen molar-refractivity contribution in [1.29, 1.82) is 0 Å². The van der Waals surface area contributed by atoms with Crippen LogP contribution >= 0.6 is 31.9 Å². The van der Waals surface area contributed by atoms with Crippen LogP contribution in [0.25, 0.3) is 5.57 Å². The maximum Gasteiger partial charge on any atom is 0.738 e. The zero-order chi connectivity index (χ0) is 18.8. The summed E-state index contributed by atoms with van der Waals surface area (Å²) >= 11 is 6.24. The third-order valence-corrected chi connectivity index (χ3v) is 5.55. The van der Waals surface area contributed by atoms with Crippen LogP contribution in [0.1, 0.15) is 11.3 Å². The minimum absolute atomic E-state index is 0.139. The fourth-order valence-corrected chi connectivity index (χ4v) is 4.39. The number of benzene rings is 1. The average Bonchev–Trinajstić information content (AvgIpc) is 3.12. The molecule has 0 fully saturated rings. The molecule has 2 aromatic rings. The minimum Gasteiger partial charge on any atom is -0.389 e. The van der Waals surface area contributed by atoms with Crippen molar-refractivity contribution in [3.63, 3.8) is 0 Å². The lowest BCUT2D eigenvalue weighted by molar-refractivity contribution is -0.385. The van der Waals surface area contributed by atoms with E-state index in [9.17, 15) is 14.5 Å². The number of nitro groups is 1. The molecule has 4 rings (SSSR count). The summed E-state index contributed by atoms with van der Waals surface area (Å²) in [7, 11) is 0. The fourth-order valence-electron chi connectivity index (χ4n) is 3.25. The molecule has 11 heteroatoms. The number of non-ortho nitro benzene ring substituents is 1. The average molecular weight is 489 g/mol. The van der Waals surface area contributed by atoms with Crippen molar-refractivity contribution in [2.24, 2.45) is 0 Å². The summed E-state index contributed by atoms with van der Waals surface area (Å²) in [6, 6.07) is 5.98. The summed E-state index contributed by atoms with van der Waals surface area (Å²) in [6.45, 7) is -4.20. The first-order valence-electron chi connectivity index (χ1n) is 7.31. The summed E-state index contributed by atoms with van der Waals surface area (Å²) in [5.41, 5.74) is 0.239. The van der Waals surface area contributed by atoms with Crippen molar-refractivity contribution in [1.82, 2.24) is 4.48 Å². The predicted molar refractivity (Wildman–Crippen MR) is 97.9 cm³/mol. The predicted octanol–water partition coefficient (Wildman–Crippen LogP) is 4.67. The lowest BCUT2D eigenvalue weighted by atomic mass is 9.86. The molecule has 0 unspecified atom stereocenters. The Balaban J connectivity index is 2.10. The van der Waals surface area contributed by atoms with Crippen LogP contribution in [0.4, 0.5) is 18.7 Å². The van der Waals surface area contributed by atoms with Crippen LogP contribution < -0.4 is 0 Å². The van der Waals surface area contributed by atoms with Gasteiger partial charge in [0.2, 0.25) is 4.62 Å². The molecule has 5 nitrogen and oxygen atoms in total. The second-order valence-corrected chi connectivity index (χ2v) is 7.37. The molecule has 1 aromatic carbocycles. The Morgan fingerprint density at radius 3 is 2.58 bits per heavy atom. The van der Waals surface area contributed by atoms with Gasteiger partial charge in [0.05, 0.1) is 21.2 Å². The van der Waals surface area contributed by atoms with Crippen molar-refractivity contribution >= 4 is 54.7 Å². The van der Waals surface area contributed by atoms with Gasteiger partial charge in [-0.25, -0.2) is 4.39 Å². The van der Waals surface area contributed by atoms with Crippen molar-refractivity contribution in [3.05, 3.63) is 80.0 Å². The highest BCUT2D eigenvalue weighted by atomic mass is 79.9. The number of nitro benzene ring substituents is 1. The van der Waals surface area contributed by atoms with Gasteiger partial charge in [-0.1, -0.05) is 0 Å². The molecule has 132 valence electrons. The number of fused-ring (bicyclic) bond motifs is 2. The second kappa shape index (κ2) is 5.68. The van der Waals surface area contributed by atoms with Crippen LogP contribution in [-0.2, 0) is 0 Å². The summed E-state index contributed by atoms with van der Waals surface area (Å²) in [6.07, 6.45) is 2.93. The molecular formula is C15H7BBr2F3N3O2. The number of allylic oxidation sites excluding steroid dienone is 2. The first kappa shape index (κ1) is 17.3. The molecule has 0 spiro atoms. The van der Waals surface area contributed by atoms with Gasteiger partial charge in [-0.05, 0) is 39.7 Å². The molecule has 0 N–H and O–H groups in total. The number of halogens is 5. The lowest BCUT2D eigenvalue weighted by Gasteiger charge is -2.32. The molecule has 2 aliphatic rings. The van der Waals surface area contributed by atoms with Gasteiger partial charge in [0, 0.05) is 39.8 Å². The zero-order valence-corrected chi connectivity index (χ0v) is 15.8. The van der Waals surface area contributed by atoms with E-state index < -0.39 is 23.4 Å². The first-order valence-corrected chi connectivity index (χ1v) is 8.89. The van der Waals surface area contributed by atoms with E-state index >= 15 is 8.63 Å². The van der Waals surface area contributed by atoms with Crippen LogP contribution in [0, 0.1) is 15.9 Å². The monoisotopic (exact) mass is 487 g/mol. The Hall–Kier alpha value is -2.14. The Kier molecular flexibility index (Phi) is 3.78. The van der Waals surface area contributed by atoms with Crippen LogP contribution in [0.5, 0.6) is 0 Å². The number of hydrogen-bond acceptors (Lipinski definition) is 2. The number of nitrogens with zero attached hydrogens (tertiary/aromatic N) is 3. The SMILES string of the molecule is O=[N+]([O-])c1cc(F)cc(C2=C3C=CC(Br)=[N+]3[B-](F)(F)n3c(Br)ccc32)c1. The highest BCUT2D eigenvalue weighted by Crippen LogP contribution is 2.42. The molecule has 0 saturated carbocycles. The van der Waals surface area contributed by atoms with Gasteiger partial charge in [0.1, 0.15) is 5.82 Å². The maximum atomic E-state index is 15.1. The van der Waals surface area contributed by atoms with Crippen LogP contribution in [-0.4, -0.2) is 25.5 Å². The normalized spacial score (nSPS) is 17.6. The molecule has 0 bridgehead atoms. The Labute approximate surface area is 161 Å². The summed E-state index contributed by atoms with van der Waals surface area (Å²) in [4.78, 5) is 10.4. The highest BCUT2D eigenvalue weighted by Gasteiger charge is 2.54. The van der Waals surface area contributed by atoms with E-state index in [0.717, 1.165) is 21.1 Å². The molecule has 0 atom stereocenters. The third kappa shape index (κ3) is 2.33. The van der Waals surface area contributed by atoms with Gasteiger partial charge < -0.3 is 17.6 Å². The largest absolute Gasteiger partial charge is 0.738 e. The highest BCUT2D eigenvalue weighted by molar-refractivity contribution is 9.18. The first-order chi connectivity index (χ1) is 12.2. The summed E-state index contributed by atoms with van der Waals surface area (Å²) in [5, 5.41) is 11.1. The molecule has 1 aromatic heterocycles.